The molecule has 3 unspecified atom stereocenters. The van der Waals surface area contributed by atoms with Gasteiger partial charge in [-0.15, -0.1) is 0 Å². The third kappa shape index (κ3) is 4.06. The van der Waals surface area contributed by atoms with Gasteiger partial charge in [-0.3, -0.25) is 9.69 Å². The van der Waals surface area contributed by atoms with Crippen molar-refractivity contribution in [3.63, 3.8) is 0 Å². The van der Waals surface area contributed by atoms with Crippen LogP contribution in [0.2, 0.25) is 0 Å². The zero-order valence-electron chi connectivity index (χ0n) is 14.0. The summed E-state index contributed by atoms with van der Waals surface area (Å²) in [6, 6.07) is -0.410. The van der Waals surface area contributed by atoms with Gasteiger partial charge in [-0.25, -0.2) is 8.42 Å². The molecule has 0 saturated carbocycles. The quantitative estimate of drug-likeness (QED) is 0.792. The standard InChI is InChI=1S/C16H29N3O3S/c1-13(16(20)19-9-5-6-10-19)17-14-11-23(21,22)12-15(14)18-7-3-2-4-8-18/h13-15,17H,2-12H2,1H3. The fourth-order valence-electron chi connectivity index (χ4n) is 4.20. The van der Waals surface area contributed by atoms with Gasteiger partial charge in [0.05, 0.1) is 17.5 Å². The lowest BCUT2D eigenvalue weighted by atomic mass is 10.0. The molecule has 7 heteroatoms. The first-order valence-electron chi connectivity index (χ1n) is 8.95. The smallest absolute Gasteiger partial charge is 0.239 e. The molecule has 132 valence electrons. The SMILES string of the molecule is CC(NC1CS(=O)(=O)CC1N1CCCCC1)C(=O)N1CCCC1. The molecular weight excluding hydrogens is 314 g/mol. The summed E-state index contributed by atoms with van der Waals surface area (Å²) in [5, 5.41) is 3.35. The predicted octanol–water partition coefficient (Wildman–Crippen LogP) is 0.238. The summed E-state index contributed by atoms with van der Waals surface area (Å²) >= 11 is 0. The van der Waals surface area contributed by atoms with Gasteiger partial charge >= 0.3 is 0 Å². The average Bonchev–Trinajstić information content (AvgIpc) is 3.15. The molecule has 3 fully saturated rings. The van der Waals surface area contributed by atoms with Crippen LogP contribution in [0.5, 0.6) is 0 Å². The van der Waals surface area contributed by atoms with Gasteiger partial charge in [-0.05, 0) is 45.7 Å². The van der Waals surface area contributed by atoms with E-state index in [2.05, 4.69) is 10.2 Å². The number of carbonyl (C=O) groups is 1. The molecular formula is C16H29N3O3S. The number of likely N-dealkylation sites (tertiary alicyclic amines) is 2. The Hall–Kier alpha value is -0.660. The highest BCUT2D eigenvalue weighted by molar-refractivity contribution is 7.91. The largest absolute Gasteiger partial charge is 0.341 e. The van der Waals surface area contributed by atoms with E-state index in [1.165, 1.54) is 6.42 Å². The molecule has 0 aliphatic carbocycles. The average molecular weight is 343 g/mol. The van der Waals surface area contributed by atoms with Crippen LogP contribution in [0.4, 0.5) is 0 Å². The molecule has 0 bridgehead atoms. The van der Waals surface area contributed by atoms with Crippen LogP contribution in [0, 0.1) is 0 Å². The lowest BCUT2D eigenvalue weighted by Crippen LogP contribution is -2.56. The van der Waals surface area contributed by atoms with E-state index in [4.69, 9.17) is 0 Å². The Morgan fingerprint density at radius 1 is 1.00 bits per heavy atom. The van der Waals surface area contributed by atoms with Crippen LogP contribution in [0.1, 0.15) is 39.0 Å². The number of hydrogen-bond acceptors (Lipinski definition) is 5. The molecule has 3 heterocycles. The lowest BCUT2D eigenvalue weighted by molar-refractivity contribution is -0.132. The van der Waals surface area contributed by atoms with Gasteiger partial charge < -0.3 is 10.2 Å². The third-order valence-corrected chi connectivity index (χ3v) is 7.15. The first-order valence-corrected chi connectivity index (χ1v) is 10.8. The number of sulfone groups is 1. The van der Waals surface area contributed by atoms with Gasteiger partial charge in [-0.2, -0.15) is 0 Å². The van der Waals surface area contributed by atoms with E-state index in [1.807, 2.05) is 11.8 Å². The van der Waals surface area contributed by atoms with Crippen LogP contribution in [0.3, 0.4) is 0 Å². The molecule has 3 saturated heterocycles. The highest BCUT2D eigenvalue weighted by atomic mass is 32.2. The minimum atomic E-state index is -3.01. The summed E-state index contributed by atoms with van der Waals surface area (Å²) in [4.78, 5) is 16.7. The molecule has 0 radical (unpaired) electrons. The van der Waals surface area contributed by atoms with E-state index in [-0.39, 0.29) is 35.5 Å². The summed E-state index contributed by atoms with van der Waals surface area (Å²) in [6.45, 7) is 5.51. The Kier molecular flexibility index (Phi) is 5.28. The fraction of sp³-hybridized carbons (Fsp3) is 0.938. The number of amides is 1. The second-order valence-electron chi connectivity index (χ2n) is 7.27. The van der Waals surface area contributed by atoms with Gasteiger partial charge in [0.2, 0.25) is 5.91 Å². The van der Waals surface area contributed by atoms with Crippen molar-refractivity contribution in [1.29, 1.82) is 0 Å². The van der Waals surface area contributed by atoms with Crippen molar-refractivity contribution in [2.45, 2.75) is 57.2 Å². The van der Waals surface area contributed by atoms with Crippen molar-refractivity contribution >= 4 is 15.7 Å². The van der Waals surface area contributed by atoms with Gasteiger partial charge in [0.1, 0.15) is 0 Å². The molecule has 23 heavy (non-hydrogen) atoms. The molecule has 0 aromatic heterocycles. The maximum absolute atomic E-state index is 12.5. The Bertz CT molecular complexity index is 525. The van der Waals surface area contributed by atoms with Crippen LogP contribution in [-0.2, 0) is 14.6 Å². The summed E-state index contributed by atoms with van der Waals surface area (Å²) in [7, 11) is -3.01. The second kappa shape index (κ2) is 7.07. The number of nitrogens with zero attached hydrogens (tertiary/aromatic N) is 2. The van der Waals surface area contributed by atoms with Gasteiger partial charge in [0.25, 0.3) is 0 Å². The van der Waals surface area contributed by atoms with Gasteiger partial charge in [-0.1, -0.05) is 6.42 Å². The highest BCUT2D eigenvalue weighted by Gasteiger charge is 2.42. The van der Waals surface area contributed by atoms with Crippen LogP contribution >= 0.6 is 0 Å². The predicted molar refractivity (Wildman–Crippen MR) is 90.1 cm³/mol. The van der Waals surface area contributed by atoms with E-state index >= 15 is 0 Å². The molecule has 3 aliphatic rings. The molecule has 0 aromatic carbocycles. The first kappa shape index (κ1) is 17.2. The van der Waals surface area contributed by atoms with Crippen LogP contribution in [0.15, 0.2) is 0 Å². The maximum Gasteiger partial charge on any atom is 0.239 e. The Balaban J connectivity index is 1.64. The highest BCUT2D eigenvalue weighted by Crippen LogP contribution is 2.23. The summed E-state index contributed by atoms with van der Waals surface area (Å²) in [6.07, 6.45) is 5.67. The van der Waals surface area contributed by atoms with Crippen LogP contribution in [-0.4, -0.2) is 79.9 Å². The van der Waals surface area contributed by atoms with E-state index in [1.54, 1.807) is 0 Å². The summed E-state index contributed by atoms with van der Waals surface area (Å²) in [5.41, 5.74) is 0. The second-order valence-corrected chi connectivity index (χ2v) is 9.42. The normalized spacial score (nSPS) is 33.0. The zero-order valence-corrected chi connectivity index (χ0v) is 14.9. The topological polar surface area (TPSA) is 69.7 Å². The summed E-state index contributed by atoms with van der Waals surface area (Å²) < 4.78 is 24.3. The fourth-order valence-corrected chi connectivity index (χ4v) is 6.17. The number of hydrogen-bond donors (Lipinski definition) is 1. The monoisotopic (exact) mass is 343 g/mol. The van der Waals surface area contributed by atoms with E-state index < -0.39 is 9.84 Å². The van der Waals surface area contributed by atoms with Gasteiger partial charge in [0.15, 0.2) is 9.84 Å². The van der Waals surface area contributed by atoms with Crippen molar-refractivity contribution in [3.05, 3.63) is 0 Å². The maximum atomic E-state index is 12.5. The van der Waals surface area contributed by atoms with Gasteiger partial charge in [0, 0.05) is 25.2 Å². The number of carbonyl (C=O) groups excluding carboxylic acids is 1. The lowest BCUT2D eigenvalue weighted by Gasteiger charge is -2.36. The zero-order chi connectivity index (χ0) is 16.4. The Morgan fingerprint density at radius 3 is 2.26 bits per heavy atom. The number of piperidine rings is 1. The van der Waals surface area contributed by atoms with E-state index in [0.29, 0.717) is 0 Å². The minimum absolute atomic E-state index is 0.0223. The van der Waals surface area contributed by atoms with Crippen molar-refractivity contribution in [3.8, 4) is 0 Å². The van der Waals surface area contributed by atoms with Crippen molar-refractivity contribution in [2.24, 2.45) is 0 Å². The Labute approximate surface area is 139 Å². The molecule has 0 aromatic rings. The first-order chi connectivity index (χ1) is 11.0. The molecule has 3 atom stereocenters. The van der Waals surface area contributed by atoms with Crippen LogP contribution in [0.25, 0.3) is 0 Å². The minimum Gasteiger partial charge on any atom is -0.341 e. The molecule has 1 N–H and O–H groups in total. The molecule has 6 nitrogen and oxygen atoms in total. The third-order valence-electron chi connectivity index (χ3n) is 5.43. The summed E-state index contributed by atoms with van der Waals surface area (Å²) in [5.74, 6) is 0.505. The van der Waals surface area contributed by atoms with Crippen molar-refractivity contribution in [2.75, 3.05) is 37.7 Å². The van der Waals surface area contributed by atoms with E-state index in [0.717, 1.165) is 51.9 Å². The van der Waals surface area contributed by atoms with E-state index in [9.17, 15) is 13.2 Å². The van der Waals surface area contributed by atoms with Crippen LogP contribution < -0.4 is 5.32 Å². The number of nitrogens with one attached hydrogen (secondary N) is 1. The molecule has 3 rings (SSSR count). The van der Waals surface area contributed by atoms with Crippen molar-refractivity contribution in [1.82, 2.24) is 15.1 Å². The molecule has 0 spiro atoms. The Morgan fingerprint density at radius 2 is 1.61 bits per heavy atom. The van der Waals surface area contributed by atoms with Crippen molar-refractivity contribution < 1.29 is 13.2 Å². The molecule has 3 aliphatic heterocycles. The molecule has 1 amide bonds. The number of rotatable bonds is 4.